The molecule has 0 atom stereocenters. The zero-order valence-corrected chi connectivity index (χ0v) is 13.5. The highest BCUT2D eigenvalue weighted by Crippen LogP contribution is 2.21. The highest BCUT2D eigenvalue weighted by atomic mass is 35.5. The molecule has 116 valence electrons. The first kappa shape index (κ1) is 15.7. The summed E-state index contributed by atoms with van der Waals surface area (Å²) in [5.41, 5.74) is 1.94. The first-order chi connectivity index (χ1) is 11.2. The van der Waals surface area contributed by atoms with E-state index in [-0.39, 0.29) is 5.82 Å². The van der Waals surface area contributed by atoms with Crippen molar-refractivity contribution in [1.29, 1.82) is 0 Å². The Labute approximate surface area is 142 Å². The zero-order valence-electron chi connectivity index (χ0n) is 11.9. The van der Waals surface area contributed by atoms with Crippen LogP contribution in [-0.4, -0.2) is 21.1 Å². The molecule has 0 fully saturated rings. The average Bonchev–Trinajstić information content (AvgIpc) is 3.01. The minimum absolute atomic E-state index is 0.273. The summed E-state index contributed by atoms with van der Waals surface area (Å²) in [6, 6.07) is 13.8. The molecule has 4 nitrogen and oxygen atoms in total. The van der Waals surface area contributed by atoms with Crippen LogP contribution in [0, 0.1) is 5.82 Å². The van der Waals surface area contributed by atoms with Crippen molar-refractivity contribution in [3.05, 3.63) is 76.8 Å². The summed E-state index contributed by atoms with van der Waals surface area (Å²) < 4.78 is 14.5. The molecular formula is C16H12ClFN4S. The van der Waals surface area contributed by atoms with Crippen LogP contribution in [0.5, 0.6) is 0 Å². The minimum atomic E-state index is -0.273. The van der Waals surface area contributed by atoms with Gasteiger partial charge in [-0.3, -0.25) is 0 Å². The van der Waals surface area contributed by atoms with E-state index in [0.717, 1.165) is 16.9 Å². The quantitative estimate of drug-likeness (QED) is 0.512. The van der Waals surface area contributed by atoms with Gasteiger partial charge < -0.3 is 0 Å². The summed E-state index contributed by atoms with van der Waals surface area (Å²) in [6.07, 6.45) is 3.17. The molecule has 0 aliphatic carbocycles. The van der Waals surface area contributed by atoms with E-state index < -0.39 is 0 Å². The molecule has 7 heteroatoms. The van der Waals surface area contributed by atoms with Crippen LogP contribution in [0.1, 0.15) is 11.1 Å². The Morgan fingerprint density at radius 3 is 2.61 bits per heavy atom. The van der Waals surface area contributed by atoms with Gasteiger partial charge in [0.25, 0.3) is 0 Å². The Morgan fingerprint density at radius 2 is 1.87 bits per heavy atom. The number of hydrogen-bond acceptors (Lipinski definition) is 4. The van der Waals surface area contributed by atoms with E-state index >= 15 is 0 Å². The summed E-state index contributed by atoms with van der Waals surface area (Å²) in [4.78, 5) is 0. The molecular weight excluding hydrogens is 335 g/mol. The van der Waals surface area contributed by atoms with Crippen molar-refractivity contribution in [2.45, 2.75) is 10.9 Å². The van der Waals surface area contributed by atoms with Gasteiger partial charge in [-0.05, 0) is 35.4 Å². The minimum Gasteiger partial charge on any atom is -0.207 e. The first-order valence-electron chi connectivity index (χ1n) is 6.78. The molecule has 0 aliphatic rings. The molecule has 0 radical (unpaired) electrons. The number of benzene rings is 2. The van der Waals surface area contributed by atoms with E-state index in [9.17, 15) is 4.39 Å². The highest BCUT2D eigenvalue weighted by Gasteiger charge is 2.04. The predicted octanol–water partition coefficient (Wildman–Crippen LogP) is 4.25. The maximum atomic E-state index is 12.9. The van der Waals surface area contributed by atoms with Crippen molar-refractivity contribution >= 4 is 29.6 Å². The summed E-state index contributed by atoms with van der Waals surface area (Å²) in [7, 11) is 0. The maximum absolute atomic E-state index is 12.9. The van der Waals surface area contributed by atoms with Gasteiger partial charge in [0.1, 0.15) is 12.1 Å². The van der Waals surface area contributed by atoms with Gasteiger partial charge in [-0.15, -0.1) is 10.2 Å². The molecule has 0 saturated heterocycles. The fourth-order valence-corrected chi connectivity index (χ4v) is 2.75. The number of thioether (sulfide) groups is 1. The molecule has 0 spiro atoms. The Morgan fingerprint density at radius 1 is 1.13 bits per heavy atom. The lowest BCUT2D eigenvalue weighted by atomic mass is 10.2. The molecule has 1 heterocycles. The van der Waals surface area contributed by atoms with Crippen molar-refractivity contribution in [2.75, 3.05) is 0 Å². The van der Waals surface area contributed by atoms with Crippen LogP contribution in [0.2, 0.25) is 5.02 Å². The van der Waals surface area contributed by atoms with Crippen LogP contribution in [0.3, 0.4) is 0 Å². The van der Waals surface area contributed by atoms with Crippen molar-refractivity contribution in [1.82, 2.24) is 14.9 Å². The van der Waals surface area contributed by atoms with E-state index in [1.807, 2.05) is 24.3 Å². The molecule has 0 saturated carbocycles. The van der Waals surface area contributed by atoms with Crippen LogP contribution in [0.4, 0.5) is 4.39 Å². The summed E-state index contributed by atoms with van der Waals surface area (Å²) in [6.45, 7) is 0. The predicted molar refractivity (Wildman–Crippen MR) is 90.4 cm³/mol. The average molecular weight is 347 g/mol. The van der Waals surface area contributed by atoms with Crippen LogP contribution in [0.25, 0.3) is 0 Å². The SMILES string of the molecule is Fc1ccc(/C=N\n2cnnc2SCc2ccc(Cl)cc2)cc1. The molecule has 0 amide bonds. The lowest BCUT2D eigenvalue weighted by Crippen LogP contribution is -1.93. The maximum Gasteiger partial charge on any atom is 0.212 e. The monoisotopic (exact) mass is 346 g/mol. The standard InChI is InChI=1S/C16H12ClFN4S/c17-14-5-1-13(2-6-14)10-23-16-21-19-11-22(16)20-9-12-3-7-15(18)8-4-12/h1-9,11H,10H2/b20-9-. The van der Waals surface area contributed by atoms with E-state index in [4.69, 9.17) is 11.6 Å². The lowest BCUT2D eigenvalue weighted by Gasteiger charge is -2.01. The Kier molecular flexibility index (Phi) is 5.05. The van der Waals surface area contributed by atoms with E-state index in [1.54, 1.807) is 23.0 Å². The second kappa shape index (κ2) is 7.39. The second-order valence-electron chi connectivity index (χ2n) is 4.67. The van der Waals surface area contributed by atoms with E-state index in [0.29, 0.717) is 10.2 Å². The van der Waals surface area contributed by atoms with Crippen LogP contribution >= 0.6 is 23.4 Å². The first-order valence-corrected chi connectivity index (χ1v) is 8.14. The third-order valence-electron chi connectivity index (χ3n) is 2.98. The topological polar surface area (TPSA) is 43.1 Å². The molecule has 0 unspecified atom stereocenters. The molecule has 2 aromatic carbocycles. The zero-order chi connectivity index (χ0) is 16.1. The fraction of sp³-hybridized carbons (Fsp3) is 0.0625. The second-order valence-corrected chi connectivity index (χ2v) is 6.05. The van der Waals surface area contributed by atoms with Crippen LogP contribution in [-0.2, 0) is 5.75 Å². The largest absolute Gasteiger partial charge is 0.212 e. The van der Waals surface area contributed by atoms with Gasteiger partial charge >= 0.3 is 0 Å². The third kappa shape index (κ3) is 4.40. The Bertz CT molecular complexity index is 800. The molecule has 23 heavy (non-hydrogen) atoms. The number of halogens is 2. The molecule has 3 rings (SSSR count). The van der Waals surface area contributed by atoms with Gasteiger partial charge in [0.05, 0.1) is 6.21 Å². The van der Waals surface area contributed by atoms with Crippen molar-refractivity contribution in [3.63, 3.8) is 0 Å². The van der Waals surface area contributed by atoms with E-state index in [1.165, 1.54) is 30.2 Å². The molecule has 0 bridgehead atoms. The molecule has 1 aromatic heterocycles. The number of nitrogens with zero attached hydrogens (tertiary/aromatic N) is 4. The van der Waals surface area contributed by atoms with Gasteiger partial charge in [0, 0.05) is 10.8 Å². The Balaban J connectivity index is 1.67. The number of hydrogen-bond donors (Lipinski definition) is 0. The van der Waals surface area contributed by atoms with Crippen molar-refractivity contribution in [2.24, 2.45) is 5.10 Å². The van der Waals surface area contributed by atoms with Gasteiger partial charge in [-0.2, -0.15) is 9.78 Å². The van der Waals surface area contributed by atoms with Gasteiger partial charge in [-0.25, -0.2) is 4.39 Å². The smallest absolute Gasteiger partial charge is 0.207 e. The normalized spacial score (nSPS) is 11.2. The number of aromatic nitrogens is 3. The van der Waals surface area contributed by atoms with Gasteiger partial charge in [0.2, 0.25) is 5.16 Å². The van der Waals surface area contributed by atoms with Crippen molar-refractivity contribution < 1.29 is 4.39 Å². The van der Waals surface area contributed by atoms with Crippen LogP contribution < -0.4 is 0 Å². The fourth-order valence-electron chi connectivity index (χ4n) is 1.80. The third-order valence-corrected chi connectivity index (χ3v) is 4.24. The summed E-state index contributed by atoms with van der Waals surface area (Å²) >= 11 is 7.39. The molecule has 3 aromatic rings. The van der Waals surface area contributed by atoms with Crippen LogP contribution in [0.15, 0.2) is 65.1 Å². The van der Waals surface area contributed by atoms with E-state index in [2.05, 4.69) is 15.3 Å². The summed E-state index contributed by atoms with van der Waals surface area (Å²) in [5.74, 6) is 0.465. The van der Waals surface area contributed by atoms with Gasteiger partial charge in [-0.1, -0.05) is 47.6 Å². The molecule has 0 aliphatic heterocycles. The lowest BCUT2D eigenvalue weighted by molar-refractivity contribution is 0.628. The van der Waals surface area contributed by atoms with Crippen molar-refractivity contribution in [3.8, 4) is 0 Å². The van der Waals surface area contributed by atoms with Gasteiger partial charge in [0.15, 0.2) is 0 Å². The highest BCUT2D eigenvalue weighted by molar-refractivity contribution is 7.98. The molecule has 0 N–H and O–H groups in total. The Hall–Kier alpha value is -2.18. The number of rotatable bonds is 5. The summed E-state index contributed by atoms with van der Waals surface area (Å²) in [5, 5.41) is 13.6.